The Hall–Kier alpha value is -1.30. The second-order valence-electron chi connectivity index (χ2n) is 4.79. The van der Waals surface area contributed by atoms with Crippen LogP contribution >= 0.6 is 27.3 Å². The molecule has 1 atom stereocenters. The fourth-order valence-corrected chi connectivity index (χ4v) is 3.56. The van der Waals surface area contributed by atoms with Gasteiger partial charge in [0.25, 0.3) is 0 Å². The number of thiazole rings is 1. The summed E-state index contributed by atoms with van der Waals surface area (Å²) >= 11 is 4.87. The van der Waals surface area contributed by atoms with Gasteiger partial charge in [-0.15, -0.1) is 11.3 Å². The topological polar surface area (TPSA) is 24.9 Å². The van der Waals surface area contributed by atoms with Crippen LogP contribution in [-0.2, 0) is 6.42 Å². The van der Waals surface area contributed by atoms with Crippen molar-refractivity contribution in [3.05, 3.63) is 63.3 Å². The molecular weight excluding hydrogens is 351 g/mol. The first-order valence-electron chi connectivity index (χ1n) is 6.64. The molecule has 1 aromatic heterocycles. The summed E-state index contributed by atoms with van der Waals surface area (Å²) in [5, 5.41) is 4.30. The fraction of sp³-hybridized carbons (Fsp3) is 0.188. The second kappa shape index (κ2) is 6.22. The first-order chi connectivity index (χ1) is 10.2. The van der Waals surface area contributed by atoms with Gasteiger partial charge in [0.15, 0.2) is 0 Å². The van der Waals surface area contributed by atoms with Crippen molar-refractivity contribution in [2.45, 2.75) is 12.5 Å². The van der Waals surface area contributed by atoms with Crippen molar-refractivity contribution in [2.24, 2.45) is 0 Å². The molecule has 108 valence electrons. The zero-order valence-corrected chi connectivity index (χ0v) is 13.8. The van der Waals surface area contributed by atoms with E-state index in [1.807, 2.05) is 31.3 Å². The minimum atomic E-state index is -0.239. The molecule has 0 aliphatic rings. The van der Waals surface area contributed by atoms with Crippen LogP contribution in [0.25, 0.3) is 10.2 Å². The zero-order valence-electron chi connectivity index (χ0n) is 11.4. The van der Waals surface area contributed by atoms with Gasteiger partial charge in [-0.3, -0.25) is 0 Å². The summed E-state index contributed by atoms with van der Waals surface area (Å²) in [6.07, 6.45) is 0.747. The highest BCUT2D eigenvalue weighted by atomic mass is 79.9. The highest BCUT2D eigenvalue weighted by molar-refractivity contribution is 9.10. The van der Waals surface area contributed by atoms with Crippen molar-refractivity contribution >= 4 is 37.5 Å². The van der Waals surface area contributed by atoms with Crippen molar-refractivity contribution in [3.63, 3.8) is 0 Å². The fourth-order valence-electron chi connectivity index (χ4n) is 2.30. The molecular formula is C16H14BrFN2S. The molecule has 0 bridgehead atoms. The van der Waals surface area contributed by atoms with Crippen molar-refractivity contribution in [1.82, 2.24) is 10.3 Å². The number of nitrogens with one attached hydrogen (secondary N) is 1. The number of hydrogen-bond acceptors (Lipinski definition) is 3. The average molecular weight is 365 g/mol. The number of halogens is 2. The lowest BCUT2D eigenvalue weighted by atomic mass is 10.0. The number of rotatable bonds is 4. The Morgan fingerprint density at radius 1 is 1.29 bits per heavy atom. The number of hydrogen-bond donors (Lipinski definition) is 1. The van der Waals surface area contributed by atoms with E-state index in [4.69, 9.17) is 0 Å². The molecule has 0 saturated carbocycles. The Labute approximate surface area is 135 Å². The van der Waals surface area contributed by atoms with Crippen LogP contribution in [0.1, 0.15) is 16.6 Å². The third kappa shape index (κ3) is 3.15. The van der Waals surface area contributed by atoms with E-state index in [0.717, 1.165) is 22.5 Å². The summed E-state index contributed by atoms with van der Waals surface area (Å²) in [5.41, 5.74) is 1.95. The van der Waals surface area contributed by atoms with Gasteiger partial charge in [0.1, 0.15) is 5.82 Å². The Balaban J connectivity index is 1.88. The summed E-state index contributed by atoms with van der Waals surface area (Å²) in [7, 11) is 1.89. The summed E-state index contributed by atoms with van der Waals surface area (Å²) in [6.45, 7) is 0. The van der Waals surface area contributed by atoms with Crippen molar-refractivity contribution in [3.8, 4) is 0 Å². The number of benzene rings is 2. The summed E-state index contributed by atoms with van der Waals surface area (Å²) in [6, 6.07) is 13.4. The van der Waals surface area contributed by atoms with Gasteiger partial charge in [0.2, 0.25) is 0 Å². The molecule has 1 N–H and O–H groups in total. The highest BCUT2D eigenvalue weighted by Crippen LogP contribution is 2.27. The van der Waals surface area contributed by atoms with Gasteiger partial charge in [0, 0.05) is 12.5 Å². The number of likely N-dealkylation sites (N-methyl/N-ethyl adjacent to an activating group) is 1. The molecule has 0 radical (unpaired) electrons. The van der Waals surface area contributed by atoms with Crippen LogP contribution in [0.5, 0.6) is 0 Å². The summed E-state index contributed by atoms with van der Waals surface area (Å²) in [4.78, 5) is 4.64. The Kier molecular flexibility index (Phi) is 4.33. The third-order valence-corrected chi connectivity index (χ3v) is 5.11. The first-order valence-corrected chi connectivity index (χ1v) is 8.25. The molecule has 2 nitrogen and oxygen atoms in total. The molecule has 0 saturated heterocycles. The van der Waals surface area contributed by atoms with Crippen LogP contribution in [-0.4, -0.2) is 12.0 Å². The molecule has 0 fully saturated rings. The molecule has 0 spiro atoms. The highest BCUT2D eigenvalue weighted by Gasteiger charge is 2.14. The van der Waals surface area contributed by atoms with Gasteiger partial charge in [-0.1, -0.05) is 18.2 Å². The molecule has 0 amide bonds. The lowest BCUT2D eigenvalue weighted by Crippen LogP contribution is -2.18. The standard InChI is InChI=1S/C16H14BrFN2S/c1-19-14(10-6-7-11(17)12(18)8-10)9-16-20-13-4-2-3-5-15(13)21-16/h2-8,14,19H,9H2,1H3. The van der Waals surface area contributed by atoms with Crippen LogP contribution in [0, 0.1) is 5.82 Å². The van der Waals surface area contributed by atoms with Gasteiger partial charge in [-0.25, -0.2) is 9.37 Å². The average Bonchev–Trinajstić information content (AvgIpc) is 2.90. The number of para-hydroxylation sites is 1. The molecule has 21 heavy (non-hydrogen) atoms. The maximum Gasteiger partial charge on any atom is 0.137 e. The minimum Gasteiger partial charge on any atom is -0.313 e. The first kappa shape index (κ1) is 14.6. The normalized spacial score (nSPS) is 12.7. The van der Waals surface area contributed by atoms with E-state index in [0.29, 0.717) is 4.47 Å². The van der Waals surface area contributed by atoms with E-state index in [1.165, 1.54) is 4.70 Å². The van der Waals surface area contributed by atoms with E-state index in [-0.39, 0.29) is 11.9 Å². The minimum absolute atomic E-state index is 0.0492. The van der Waals surface area contributed by atoms with E-state index in [1.54, 1.807) is 23.5 Å². The van der Waals surface area contributed by atoms with Crippen molar-refractivity contribution in [1.29, 1.82) is 0 Å². The van der Waals surface area contributed by atoms with Gasteiger partial charge < -0.3 is 5.32 Å². The van der Waals surface area contributed by atoms with Gasteiger partial charge in [-0.2, -0.15) is 0 Å². The predicted molar refractivity (Wildman–Crippen MR) is 89.2 cm³/mol. The quantitative estimate of drug-likeness (QED) is 0.725. The maximum absolute atomic E-state index is 13.7. The molecule has 1 heterocycles. The van der Waals surface area contributed by atoms with Gasteiger partial charge >= 0.3 is 0 Å². The Morgan fingerprint density at radius 2 is 2.10 bits per heavy atom. The smallest absolute Gasteiger partial charge is 0.137 e. The van der Waals surface area contributed by atoms with E-state index in [2.05, 4.69) is 32.3 Å². The van der Waals surface area contributed by atoms with Crippen LogP contribution in [0.2, 0.25) is 0 Å². The lowest BCUT2D eigenvalue weighted by Gasteiger charge is -2.15. The van der Waals surface area contributed by atoms with Crippen molar-refractivity contribution < 1.29 is 4.39 Å². The molecule has 0 aliphatic heterocycles. The van der Waals surface area contributed by atoms with Gasteiger partial charge in [-0.05, 0) is 52.8 Å². The largest absolute Gasteiger partial charge is 0.313 e. The molecule has 3 rings (SSSR count). The Bertz CT molecular complexity index is 739. The third-order valence-electron chi connectivity index (χ3n) is 3.41. The van der Waals surface area contributed by atoms with Crippen LogP contribution in [0.15, 0.2) is 46.9 Å². The molecule has 0 aliphatic carbocycles. The lowest BCUT2D eigenvalue weighted by molar-refractivity contribution is 0.574. The van der Waals surface area contributed by atoms with E-state index < -0.39 is 0 Å². The molecule has 1 unspecified atom stereocenters. The maximum atomic E-state index is 13.7. The van der Waals surface area contributed by atoms with Crippen LogP contribution in [0.3, 0.4) is 0 Å². The number of nitrogens with zero attached hydrogens (tertiary/aromatic N) is 1. The Morgan fingerprint density at radius 3 is 2.81 bits per heavy atom. The summed E-state index contributed by atoms with van der Waals surface area (Å²) in [5.74, 6) is -0.239. The second-order valence-corrected chi connectivity index (χ2v) is 6.76. The van der Waals surface area contributed by atoms with Crippen molar-refractivity contribution in [2.75, 3.05) is 7.05 Å². The predicted octanol–water partition coefficient (Wildman–Crippen LogP) is 4.70. The molecule has 3 aromatic rings. The van der Waals surface area contributed by atoms with E-state index in [9.17, 15) is 4.39 Å². The SMILES string of the molecule is CNC(Cc1nc2ccccc2s1)c1ccc(Br)c(F)c1. The monoisotopic (exact) mass is 364 g/mol. The summed E-state index contributed by atoms with van der Waals surface area (Å²) < 4.78 is 15.4. The zero-order chi connectivity index (χ0) is 14.8. The molecule has 2 aromatic carbocycles. The number of fused-ring (bicyclic) bond motifs is 1. The van der Waals surface area contributed by atoms with Crippen LogP contribution < -0.4 is 5.32 Å². The molecule has 5 heteroatoms. The number of aromatic nitrogens is 1. The van der Waals surface area contributed by atoms with Gasteiger partial charge in [0.05, 0.1) is 19.7 Å². The van der Waals surface area contributed by atoms with E-state index >= 15 is 0 Å². The van der Waals surface area contributed by atoms with Crippen LogP contribution in [0.4, 0.5) is 4.39 Å².